The third-order valence-electron chi connectivity index (χ3n) is 4.37. The van der Waals surface area contributed by atoms with Crippen molar-refractivity contribution < 1.29 is 0 Å². The highest BCUT2D eigenvalue weighted by molar-refractivity contribution is 4.88. The predicted octanol–water partition coefficient (Wildman–Crippen LogP) is 6.50. The average Bonchev–Trinajstić information content (AvgIpc) is 2.56. The number of nitrogens with zero attached hydrogens (tertiary/aromatic N) is 2. The Labute approximate surface area is 138 Å². The Bertz CT molecular complexity index is 324. The third kappa shape index (κ3) is 11.7. The quantitative estimate of drug-likeness (QED) is 0.346. The van der Waals surface area contributed by atoms with E-state index in [-0.39, 0.29) is 0 Å². The molecule has 2 heteroatoms. The first-order valence-corrected chi connectivity index (χ1v) is 9.69. The molecule has 0 radical (unpaired) electrons. The van der Waals surface area contributed by atoms with Crippen LogP contribution >= 0.6 is 0 Å². The monoisotopic (exact) mass is 304 g/mol. The number of aromatic nitrogens is 2. The molecule has 0 amide bonds. The summed E-state index contributed by atoms with van der Waals surface area (Å²) in [7, 11) is 0. The Hall–Kier alpha value is -0.920. The van der Waals surface area contributed by atoms with E-state index in [0.717, 1.165) is 12.2 Å². The summed E-state index contributed by atoms with van der Waals surface area (Å²) in [6.07, 6.45) is 24.5. The van der Waals surface area contributed by atoms with Gasteiger partial charge in [0.2, 0.25) is 0 Å². The molecule has 2 nitrogen and oxygen atoms in total. The van der Waals surface area contributed by atoms with E-state index in [0.29, 0.717) is 0 Å². The van der Waals surface area contributed by atoms with Gasteiger partial charge in [0.25, 0.3) is 0 Å². The van der Waals surface area contributed by atoms with Crippen LogP contribution in [-0.2, 0) is 6.42 Å². The smallest absolute Gasteiger partial charge is 0.128 e. The molecule has 0 aromatic carbocycles. The summed E-state index contributed by atoms with van der Waals surface area (Å²) in [6.45, 7) is 2.29. The van der Waals surface area contributed by atoms with Gasteiger partial charge in [-0.05, 0) is 12.5 Å². The molecule has 1 aromatic rings. The first kappa shape index (κ1) is 19.1. The summed E-state index contributed by atoms with van der Waals surface area (Å²) < 4.78 is 0. The zero-order valence-electron chi connectivity index (χ0n) is 14.7. The largest absolute Gasteiger partial charge is 0.241 e. The van der Waals surface area contributed by atoms with Gasteiger partial charge in [-0.1, -0.05) is 90.4 Å². The van der Waals surface area contributed by atoms with Gasteiger partial charge in [0, 0.05) is 18.8 Å². The van der Waals surface area contributed by atoms with E-state index < -0.39 is 0 Å². The molecule has 0 spiro atoms. The van der Waals surface area contributed by atoms with Crippen LogP contribution in [0.15, 0.2) is 18.5 Å². The summed E-state index contributed by atoms with van der Waals surface area (Å²) >= 11 is 0. The van der Waals surface area contributed by atoms with Gasteiger partial charge in [-0.25, -0.2) is 9.97 Å². The van der Waals surface area contributed by atoms with Crippen molar-refractivity contribution in [2.24, 2.45) is 0 Å². The molecule has 0 aliphatic heterocycles. The molecule has 126 valence electrons. The van der Waals surface area contributed by atoms with Crippen molar-refractivity contribution in [2.75, 3.05) is 0 Å². The van der Waals surface area contributed by atoms with Gasteiger partial charge >= 0.3 is 0 Å². The zero-order valence-corrected chi connectivity index (χ0v) is 14.7. The molecule has 0 saturated carbocycles. The van der Waals surface area contributed by atoms with Crippen LogP contribution in [0.2, 0.25) is 0 Å². The minimum atomic E-state index is 1.00. The van der Waals surface area contributed by atoms with Crippen LogP contribution in [-0.4, -0.2) is 9.97 Å². The van der Waals surface area contributed by atoms with Crippen LogP contribution < -0.4 is 0 Å². The van der Waals surface area contributed by atoms with Crippen LogP contribution in [0.25, 0.3) is 0 Å². The minimum absolute atomic E-state index is 1.00. The maximum atomic E-state index is 4.27. The molecule has 0 aliphatic rings. The van der Waals surface area contributed by atoms with Crippen LogP contribution in [0, 0.1) is 0 Å². The summed E-state index contributed by atoms with van der Waals surface area (Å²) in [6, 6.07) is 1.88. The maximum Gasteiger partial charge on any atom is 0.128 e. The van der Waals surface area contributed by atoms with Crippen molar-refractivity contribution in [3.8, 4) is 0 Å². The second-order valence-corrected chi connectivity index (χ2v) is 6.51. The lowest BCUT2D eigenvalue weighted by Crippen LogP contribution is -1.93. The van der Waals surface area contributed by atoms with Gasteiger partial charge in [0.15, 0.2) is 0 Å². The number of hydrogen-bond donors (Lipinski definition) is 0. The number of aryl methyl sites for hydroxylation is 1. The van der Waals surface area contributed by atoms with Gasteiger partial charge in [0.05, 0.1) is 0 Å². The molecule has 22 heavy (non-hydrogen) atoms. The molecule has 0 unspecified atom stereocenters. The third-order valence-corrected chi connectivity index (χ3v) is 4.37. The fourth-order valence-electron chi connectivity index (χ4n) is 2.94. The molecule has 0 saturated heterocycles. The van der Waals surface area contributed by atoms with E-state index in [4.69, 9.17) is 0 Å². The van der Waals surface area contributed by atoms with Crippen molar-refractivity contribution in [2.45, 2.75) is 103 Å². The van der Waals surface area contributed by atoms with Crippen molar-refractivity contribution >= 4 is 0 Å². The van der Waals surface area contributed by atoms with Crippen LogP contribution in [0.3, 0.4) is 0 Å². The van der Waals surface area contributed by atoms with E-state index in [1.54, 1.807) is 0 Å². The van der Waals surface area contributed by atoms with Crippen LogP contribution in [0.4, 0.5) is 0 Å². The van der Waals surface area contributed by atoms with Gasteiger partial charge < -0.3 is 0 Å². The van der Waals surface area contributed by atoms with Crippen molar-refractivity contribution in [1.82, 2.24) is 9.97 Å². The molecule has 1 rings (SSSR count). The molecule has 0 bridgehead atoms. The number of rotatable bonds is 15. The fraction of sp³-hybridized carbons (Fsp3) is 0.800. The topological polar surface area (TPSA) is 25.8 Å². The Kier molecular flexibility index (Phi) is 13.0. The summed E-state index contributed by atoms with van der Waals surface area (Å²) in [4.78, 5) is 8.53. The Morgan fingerprint density at radius 3 is 1.45 bits per heavy atom. The SMILES string of the molecule is CCCCCCCCCCCCCCCCc1ncccn1. The highest BCUT2D eigenvalue weighted by atomic mass is 14.8. The molecular weight excluding hydrogens is 268 g/mol. The van der Waals surface area contributed by atoms with Gasteiger partial charge in [-0.2, -0.15) is 0 Å². The molecular formula is C20H36N2. The molecule has 0 N–H and O–H groups in total. The Balaban J connectivity index is 1.73. The molecule has 0 aliphatic carbocycles. The molecule has 0 fully saturated rings. The lowest BCUT2D eigenvalue weighted by Gasteiger charge is -2.03. The normalized spacial score (nSPS) is 11.0. The lowest BCUT2D eigenvalue weighted by atomic mass is 10.0. The number of hydrogen-bond acceptors (Lipinski definition) is 2. The van der Waals surface area contributed by atoms with Crippen molar-refractivity contribution in [3.63, 3.8) is 0 Å². The molecule has 1 aromatic heterocycles. The second-order valence-electron chi connectivity index (χ2n) is 6.51. The summed E-state index contributed by atoms with van der Waals surface area (Å²) in [5.41, 5.74) is 0. The standard InChI is InChI=1S/C20H36N2/c1-2-3-4-5-6-7-8-9-10-11-12-13-14-15-17-20-21-18-16-19-22-20/h16,18-19H,2-15,17H2,1H3. The van der Waals surface area contributed by atoms with E-state index in [1.807, 2.05) is 18.5 Å². The first-order chi connectivity index (χ1) is 10.9. The highest BCUT2D eigenvalue weighted by Crippen LogP contribution is 2.13. The fourth-order valence-corrected chi connectivity index (χ4v) is 2.94. The van der Waals surface area contributed by atoms with Crippen LogP contribution in [0.1, 0.15) is 103 Å². The predicted molar refractivity (Wildman–Crippen MR) is 96.0 cm³/mol. The highest BCUT2D eigenvalue weighted by Gasteiger charge is 1.96. The maximum absolute atomic E-state index is 4.27. The Morgan fingerprint density at radius 2 is 1.00 bits per heavy atom. The summed E-state index contributed by atoms with van der Waals surface area (Å²) in [5.74, 6) is 1.00. The van der Waals surface area contributed by atoms with Gasteiger partial charge in [-0.3, -0.25) is 0 Å². The van der Waals surface area contributed by atoms with E-state index >= 15 is 0 Å². The first-order valence-electron chi connectivity index (χ1n) is 9.69. The van der Waals surface area contributed by atoms with E-state index in [9.17, 15) is 0 Å². The molecule has 0 atom stereocenters. The minimum Gasteiger partial charge on any atom is -0.241 e. The second kappa shape index (κ2) is 15.0. The molecule has 1 heterocycles. The summed E-state index contributed by atoms with van der Waals surface area (Å²) in [5, 5.41) is 0. The van der Waals surface area contributed by atoms with Gasteiger partial charge in [-0.15, -0.1) is 0 Å². The van der Waals surface area contributed by atoms with Gasteiger partial charge in [0.1, 0.15) is 5.82 Å². The van der Waals surface area contributed by atoms with Crippen molar-refractivity contribution in [1.29, 1.82) is 0 Å². The van der Waals surface area contributed by atoms with E-state index in [2.05, 4.69) is 16.9 Å². The number of unbranched alkanes of at least 4 members (excludes halogenated alkanes) is 13. The Morgan fingerprint density at radius 1 is 0.591 bits per heavy atom. The van der Waals surface area contributed by atoms with Crippen molar-refractivity contribution in [3.05, 3.63) is 24.3 Å². The lowest BCUT2D eigenvalue weighted by molar-refractivity contribution is 0.534. The average molecular weight is 305 g/mol. The van der Waals surface area contributed by atoms with E-state index in [1.165, 1.54) is 89.9 Å². The van der Waals surface area contributed by atoms with Crippen LogP contribution in [0.5, 0.6) is 0 Å². The zero-order chi connectivity index (χ0) is 15.7.